The molecule has 0 spiro atoms. The number of aliphatic hydroxyl groups excluding tert-OH is 2. The van der Waals surface area contributed by atoms with Crippen molar-refractivity contribution in [2.45, 2.75) is 113 Å². The number of aliphatic hydroxyl groups is 2. The molecule has 0 bridgehead atoms. The molecule has 0 aromatic carbocycles. The minimum absolute atomic E-state index is 0.00292. The van der Waals surface area contributed by atoms with Gasteiger partial charge in [-0.05, 0) is 59.3 Å². The fourth-order valence-corrected chi connectivity index (χ4v) is 9.80. The quantitative estimate of drug-likeness (QED) is 0.168. The van der Waals surface area contributed by atoms with E-state index in [9.17, 15) is 24.9 Å². The molecule has 0 amide bonds. The first-order valence-corrected chi connectivity index (χ1v) is 16.6. The zero-order chi connectivity index (χ0) is 28.1. The number of carboxylic acids is 1. The lowest BCUT2D eigenvalue weighted by Crippen LogP contribution is -2.47. The Kier molecular flexibility index (Phi) is 14.8. The molecule has 0 heterocycles. The Bertz CT molecular complexity index is 706. The molecule has 222 valence electrons. The molecule has 0 aromatic heterocycles. The summed E-state index contributed by atoms with van der Waals surface area (Å²) in [5.41, 5.74) is -0.530. The van der Waals surface area contributed by atoms with Crippen LogP contribution in [-0.4, -0.2) is 105 Å². The maximum absolute atomic E-state index is 12.7. The number of hydrogen-bond donors (Lipinski definition) is 3. The van der Waals surface area contributed by atoms with Crippen molar-refractivity contribution in [3.8, 4) is 0 Å². The molecule has 2 aliphatic rings. The second kappa shape index (κ2) is 16.7. The van der Waals surface area contributed by atoms with E-state index in [0.717, 1.165) is 51.6 Å². The Morgan fingerprint density at radius 1 is 0.763 bits per heavy atom. The SMILES string of the molecule is CC(C)(C)OC(=O)CN(CCCO)CC1(SSC2(CN(CCCO)CC(=O)O)CCCCC2)CCCCC1. The lowest BCUT2D eigenvalue weighted by Gasteiger charge is -2.45. The largest absolute Gasteiger partial charge is 0.480 e. The lowest BCUT2D eigenvalue weighted by molar-refractivity contribution is -0.156. The van der Waals surface area contributed by atoms with Gasteiger partial charge in [-0.15, -0.1) is 0 Å². The Balaban J connectivity index is 2.18. The van der Waals surface area contributed by atoms with E-state index in [2.05, 4.69) is 4.90 Å². The van der Waals surface area contributed by atoms with Gasteiger partial charge in [0.05, 0.1) is 13.1 Å². The van der Waals surface area contributed by atoms with Gasteiger partial charge in [-0.25, -0.2) is 0 Å². The summed E-state index contributed by atoms with van der Waals surface area (Å²) in [6.07, 6.45) is 12.6. The van der Waals surface area contributed by atoms with E-state index in [1.807, 2.05) is 47.3 Å². The topological polar surface area (TPSA) is 111 Å². The Labute approximate surface area is 238 Å². The molecule has 2 rings (SSSR count). The van der Waals surface area contributed by atoms with Crippen LogP contribution in [0, 0.1) is 0 Å². The number of carbonyl (C=O) groups excluding carboxylic acids is 1. The van der Waals surface area contributed by atoms with Crippen LogP contribution in [0.15, 0.2) is 0 Å². The van der Waals surface area contributed by atoms with E-state index < -0.39 is 11.6 Å². The second-order valence-electron chi connectivity index (χ2n) is 12.2. The van der Waals surface area contributed by atoms with Crippen molar-refractivity contribution in [3.63, 3.8) is 0 Å². The van der Waals surface area contributed by atoms with Gasteiger partial charge in [-0.3, -0.25) is 19.4 Å². The highest BCUT2D eigenvalue weighted by molar-refractivity contribution is 8.77. The number of carbonyl (C=O) groups is 2. The van der Waals surface area contributed by atoms with Gasteiger partial charge in [0.2, 0.25) is 0 Å². The molecule has 2 aliphatic carbocycles. The summed E-state index contributed by atoms with van der Waals surface area (Å²) >= 11 is 0. The molecular weight excluding hydrogens is 524 g/mol. The molecule has 0 aliphatic heterocycles. The van der Waals surface area contributed by atoms with Crippen molar-refractivity contribution in [2.75, 3.05) is 52.5 Å². The van der Waals surface area contributed by atoms with E-state index in [0.29, 0.717) is 25.9 Å². The van der Waals surface area contributed by atoms with Gasteiger partial charge in [-0.1, -0.05) is 60.1 Å². The van der Waals surface area contributed by atoms with Crippen molar-refractivity contribution < 1.29 is 29.6 Å². The summed E-state index contributed by atoms with van der Waals surface area (Å²) in [4.78, 5) is 28.5. The zero-order valence-corrected chi connectivity index (χ0v) is 25.6. The van der Waals surface area contributed by atoms with Crippen molar-refractivity contribution in [1.82, 2.24) is 9.80 Å². The molecule has 0 radical (unpaired) electrons. The lowest BCUT2D eigenvalue weighted by atomic mass is 9.87. The summed E-state index contributed by atoms with van der Waals surface area (Å²) in [5.74, 6) is -1.05. The van der Waals surface area contributed by atoms with Crippen LogP contribution >= 0.6 is 21.6 Å². The third-order valence-electron chi connectivity index (χ3n) is 7.34. The van der Waals surface area contributed by atoms with E-state index in [4.69, 9.17) is 4.74 Å². The number of rotatable bonds is 17. The molecule has 0 saturated heterocycles. The summed E-state index contributed by atoms with van der Waals surface area (Å²) in [6.45, 7) is 8.79. The van der Waals surface area contributed by atoms with Crippen LogP contribution in [0.4, 0.5) is 0 Å². The summed E-state index contributed by atoms with van der Waals surface area (Å²) < 4.78 is 5.62. The first-order valence-electron chi connectivity index (χ1n) is 14.5. The van der Waals surface area contributed by atoms with Gasteiger partial charge in [0, 0.05) is 48.9 Å². The molecule has 8 nitrogen and oxygen atoms in total. The maximum atomic E-state index is 12.7. The molecule has 38 heavy (non-hydrogen) atoms. The van der Waals surface area contributed by atoms with Crippen LogP contribution in [0.1, 0.15) is 97.8 Å². The molecular formula is C28H52N2O6S2. The number of aliphatic carboxylic acids is 1. The average molecular weight is 577 g/mol. The van der Waals surface area contributed by atoms with Crippen LogP contribution in [-0.2, 0) is 14.3 Å². The van der Waals surface area contributed by atoms with E-state index in [1.165, 1.54) is 25.7 Å². The van der Waals surface area contributed by atoms with Crippen LogP contribution in [0.25, 0.3) is 0 Å². The maximum Gasteiger partial charge on any atom is 0.320 e. The van der Waals surface area contributed by atoms with Gasteiger partial charge in [0.1, 0.15) is 5.60 Å². The second-order valence-corrected chi connectivity index (χ2v) is 15.3. The van der Waals surface area contributed by atoms with E-state index >= 15 is 0 Å². The first-order chi connectivity index (χ1) is 18.0. The Morgan fingerprint density at radius 3 is 1.55 bits per heavy atom. The third kappa shape index (κ3) is 12.8. The molecule has 0 unspecified atom stereocenters. The highest BCUT2D eigenvalue weighted by atomic mass is 33.1. The smallest absolute Gasteiger partial charge is 0.320 e. The van der Waals surface area contributed by atoms with Crippen LogP contribution in [0.2, 0.25) is 0 Å². The van der Waals surface area contributed by atoms with Crippen molar-refractivity contribution >= 4 is 33.5 Å². The summed E-state index contributed by atoms with van der Waals surface area (Å²) in [6, 6.07) is 0. The minimum atomic E-state index is -0.822. The van der Waals surface area contributed by atoms with Gasteiger partial charge < -0.3 is 20.1 Å². The Hall–Kier alpha value is -0.520. The molecule has 0 aromatic rings. The van der Waals surface area contributed by atoms with E-state index in [-0.39, 0.29) is 41.8 Å². The van der Waals surface area contributed by atoms with Crippen molar-refractivity contribution in [1.29, 1.82) is 0 Å². The summed E-state index contributed by atoms with van der Waals surface area (Å²) in [5, 5.41) is 28.4. The monoisotopic (exact) mass is 576 g/mol. The number of esters is 1. The molecule has 2 fully saturated rings. The van der Waals surface area contributed by atoms with Crippen LogP contribution in [0.3, 0.4) is 0 Å². The predicted octanol–water partition coefficient (Wildman–Crippen LogP) is 4.57. The first kappa shape index (κ1) is 33.7. The van der Waals surface area contributed by atoms with Gasteiger partial charge in [0.25, 0.3) is 0 Å². The fourth-order valence-electron chi connectivity index (χ4n) is 5.68. The third-order valence-corrected chi connectivity index (χ3v) is 11.6. The molecule has 0 atom stereocenters. The van der Waals surface area contributed by atoms with Crippen molar-refractivity contribution in [2.24, 2.45) is 0 Å². The predicted molar refractivity (Wildman–Crippen MR) is 157 cm³/mol. The number of hydrogen-bond acceptors (Lipinski definition) is 9. The normalized spacial score (nSPS) is 19.6. The fraction of sp³-hybridized carbons (Fsp3) is 0.929. The number of ether oxygens (including phenoxy) is 1. The Morgan fingerprint density at radius 2 is 1.18 bits per heavy atom. The highest BCUT2D eigenvalue weighted by Crippen LogP contribution is 2.54. The average Bonchev–Trinajstić information content (AvgIpc) is 2.84. The summed E-state index contributed by atoms with van der Waals surface area (Å²) in [7, 11) is 3.93. The van der Waals surface area contributed by atoms with Crippen molar-refractivity contribution in [3.05, 3.63) is 0 Å². The molecule has 3 N–H and O–H groups in total. The van der Waals surface area contributed by atoms with Crippen LogP contribution in [0.5, 0.6) is 0 Å². The van der Waals surface area contributed by atoms with Gasteiger partial charge in [0.15, 0.2) is 0 Å². The highest BCUT2D eigenvalue weighted by Gasteiger charge is 2.41. The zero-order valence-electron chi connectivity index (χ0n) is 23.9. The van der Waals surface area contributed by atoms with Gasteiger partial charge >= 0.3 is 11.9 Å². The van der Waals surface area contributed by atoms with E-state index in [1.54, 1.807) is 0 Å². The van der Waals surface area contributed by atoms with Crippen LogP contribution < -0.4 is 0 Å². The molecule has 2 saturated carbocycles. The minimum Gasteiger partial charge on any atom is -0.480 e. The number of nitrogens with zero attached hydrogens (tertiary/aromatic N) is 2. The standard InChI is InChI=1S/C28H52N2O6S2/c1-26(2,3)36-25(35)21-30(17-11-19-32)23-28(14-8-5-9-15-28)38-37-27(12-6-4-7-13-27)22-29(16-10-18-31)20-24(33)34/h31-32H,4-23H2,1-3H3,(H,33,34). The number of carboxylic acid groups (broad SMARTS) is 1. The van der Waals surface area contributed by atoms with Gasteiger partial charge in [-0.2, -0.15) is 0 Å². The molecule has 10 heteroatoms.